The lowest BCUT2D eigenvalue weighted by atomic mass is 9.58. The van der Waals surface area contributed by atoms with Crippen LogP contribution in [0.25, 0.3) is 11.1 Å². The highest BCUT2D eigenvalue weighted by molar-refractivity contribution is 6.24. The number of primary amides is 1. The number of hydrogen-bond donors (Lipinski definition) is 5. The zero-order valence-electron chi connectivity index (χ0n) is 21.1. The first-order chi connectivity index (χ1) is 17.9. The molecule has 38 heavy (non-hydrogen) atoms. The van der Waals surface area contributed by atoms with E-state index in [1.165, 1.54) is 11.0 Å². The first-order valence-electron chi connectivity index (χ1n) is 12.1. The summed E-state index contributed by atoms with van der Waals surface area (Å²) in [6.45, 7) is 0. The molecule has 0 heterocycles. The number of aliphatic hydroxyl groups is 3. The molecule has 0 saturated carbocycles. The van der Waals surface area contributed by atoms with Crippen molar-refractivity contribution in [3.63, 3.8) is 0 Å². The number of amides is 1. The third-order valence-electron chi connectivity index (χ3n) is 8.01. The van der Waals surface area contributed by atoms with Crippen LogP contribution in [-0.4, -0.2) is 75.6 Å². The van der Waals surface area contributed by atoms with Crippen molar-refractivity contribution in [3.05, 3.63) is 70.2 Å². The van der Waals surface area contributed by atoms with Gasteiger partial charge in [0.2, 0.25) is 5.78 Å². The van der Waals surface area contributed by atoms with Crippen LogP contribution >= 0.6 is 0 Å². The summed E-state index contributed by atoms with van der Waals surface area (Å²) < 4.78 is 5.23. The number of Topliss-reactive ketones (excluding diaryl/α,β-unsaturated/α-hetero) is 2. The molecule has 0 aromatic heterocycles. The zero-order chi connectivity index (χ0) is 27.7. The van der Waals surface area contributed by atoms with Crippen molar-refractivity contribution in [2.45, 2.75) is 24.5 Å². The van der Waals surface area contributed by atoms with Gasteiger partial charge in [-0.2, -0.15) is 0 Å². The number of allylic oxidation sites excluding steroid dienone is 1. The number of carbonyl (C=O) groups excluding carboxylic acids is 3. The summed E-state index contributed by atoms with van der Waals surface area (Å²) in [7, 11) is 4.73. The molecule has 0 saturated heterocycles. The lowest BCUT2D eigenvalue weighted by Crippen LogP contribution is -2.63. The second kappa shape index (κ2) is 8.71. The second-order valence-electron chi connectivity index (χ2n) is 10.2. The van der Waals surface area contributed by atoms with Gasteiger partial charge >= 0.3 is 0 Å². The summed E-state index contributed by atoms with van der Waals surface area (Å²) in [5.41, 5.74) is 3.70. The highest BCUT2D eigenvalue weighted by Crippen LogP contribution is 2.53. The summed E-state index contributed by atoms with van der Waals surface area (Å²) in [5.74, 6) is -6.08. The Balaban J connectivity index is 1.70. The van der Waals surface area contributed by atoms with Crippen LogP contribution in [0, 0.1) is 11.8 Å². The number of carbonyl (C=O) groups is 3. The summed E-state index contributed by atoms with van der Waals surface area (Å²) >= 11 is 0. The molecule has 4 atom stereocenters. The molecule has 0 bridgehead atoms. The summed E-state index contributed by atoms with van der Waals surface area (Å²) in [5, 5.41) is 44.6. The number of methoxy groups -OCH3 is 1. The zero-order valence-corrected chi connectivity index (χ0v) is 21.1. The van der Waals surface area contributed by atoms with Crippen molar-refractivity contribution in [3.8, 4) is 22.6 Å². The maximum Gasteiger partial charge on any atom is 0.255 e. The van der Waals surface area contributed by atoms with Crippen LogP contribution in [0.3, 0.4) is 0 Å². The fraction of sp³-hybridized carbons (Fsp3) is 0.321. The summed E-state index contributed by atoms with van der Waals surface area (Å²) in [6.07, 6.45) is 0.244. The minimum Gasteiger partial charge on any atom is -0.510 e. The van der Waals surface area contributed by atoms with Gasteiger partial charge in [0.15, 0.2) is 11.4 Å². The topological polar surface area (TPSA) is 171 Å². The molecular formula is C28H28N2O8. The Morgan fingerprint density at radius 2 is 1.74 bits per heavy atom. The minimum atomic E-state index is -2.66. The number of phenols is 1. The van der Waals surface area contributed by atoms with E-state index in [0.29, 0.717) is 16.9 Å². The van der Waals surface area contributed by atoms with Crippen LogP contribution in [0.4, 0.5) is 0 Å². The molecule has 1 amide bonds. The highest BCUT2D eigenvalue weighted by atomic mass is 16.5. The van der Waals surface area contributed by atoms with Gasteiger partial charge in [0.1, 0.15) is 28.6 Å². The molecule has 10 heteroatoms. The average Bonchev–Trinajstić information content (AvgIpc) is 2.86. The van der Waals surface area contributed by atoms with Gasteiger partial charge in [-0.15, -0.1) is 0 Å². The van der Waals surface area contributed by atoms with Gasteiger partial charge in [0.25, 0.3) is 5.91 Å². The predicted octanol–water partition coefficient (Wildman–Crippen LogP) is 1.80. The van der Waals surface area contributed by atoms with Crippen LogP contribution in [0.15, 0.2) is 59.1 Å². The van der Waals surface area contributed by atoms with E-state index in [4.69, 9.17) is 10.5 Å². The normalized spacial score (nSPS) is 26.7. The molecule has 0 unspecified atom stereocenters. The molecule has 3 aliphatic carbocycles. The largest absolute Gasteiger partial charge is 0.510 e. The molecule has 2 aromatic carbocycles. The number of benzene rings is 2. The Kier molecular flexibility index (Phi) is 5.85. The predicted molar refractivity (Wildman–Crippen MR) is 136 cm³/mol. The van der Waals surface area contributed by atoms with E-state index in [2.05, 4.69) is 0 Å². The molecule has 6 N–H and O–H groups in total. The van der Waals surface area contributed by atoms with E-state index in [9.17, 15) is 34.8 Å². The number of phenolic OH excluding ortho intramolecular Hbond substituents is 1. The number of aromatic hydroxyl groups is 1. The molecule has 0 fully saturated rings. The van der Waals surface area contributed by atoms with Crippen LogP contribution in [-0.2, 0) is 16.0 Å². The van der Waals surface area contributed by atoms with Gasteiger partial charge in [0.05, 0.1) is 18.7 Å². The van der Waals surface area contributed by atoms with E-state index in [1.807, 2.05) is 12.1 Å². The Hall–Kier alpha value is -4.15. The maximum absolute atomic E-state index is 13.8. The van der Waals surface area contributed by atoms with Crippen molar-refractivity contribution in [1.29, 1.82) is 0 Å². The molecule has 3 aliphatic rings. The Morgan fingerprint density at radius 3 is 2.32 bits per heavy atom. The van der Waals surface area contributed by atoms with E-state index in [1.54, 1.807) is 39.4 Å². The average molecular weight is 521 g/mol. The standard InChI is InChI=1S/C28H28N2O8/c1-30(2)22-17-11-13-10-16-15(12-4-6-14(38-3)7-5-12)8-9-18(31)20(16)23(32)19(13)25(34)28(17,37)26(35)21(24(22)33)27(29)36/h4-9,13,17,22,31,33-34,37H,10-11H2,1-3H3,(H2,29,36)/t13-,17-,22-,28-/m1/s1. The van der Waals surface area contributed by atoms with E-state index in [-0.39, 0.29) is 29.7 Å². The second-order valence-corrected chi connectivity index (χ2v) is 10.2. The van der Waals surface area contributed by atoms with Gasteiger partial charge in [-0.25, -0.2) is 0 Å². The number of likely N-dealkylation sites (N-methyl/N-ethyl adjacent to an activating group) is 1. The third-order valence-corrected chi connectivity index (χ3v) is 8.01. The minimum absolute atomic E-state index is 0.0286. The molecule has 198 valence electrons. The van der Waals surface area contributed by atoms with Gasteiger partial charge in [-0.05, 0) is 67.7 Å². The van der Waals surface area contributed by atoms with E-state index >= 15 is 0 Å². The van der Waals surface area contributed by atoms with Crippen LogP contribution in [0.1, 0.15) is 22.3 Å². The number of nitrogens with two attached hydrogens (primary N) is 1. The number of ether oxygens (including phenoxy) is 1. The fourth-order valence-corrected chi connectivity index (χ4v) is 6.29. The molecule has 0 aliphatic heterocycles. The first kappa shape index (κ1) is 25.5. The van der Waals surface area contributed by atoms with Crippen LogP contribution < -0.4 is 10.5 Å². The van der Waals surface area contributed by atoms with Crippen molar-refractivity contribution in [2.24, 2.45) is 17.6 Å². The van der Waals surface area contributed by atoms with Crippen molar-refractivity contribution >= 4 is 17.5 Å². The summed E-state index contributed by atoms with van der Waals surface area (Å²) in [4.78, 5) is 40.7. The number of fused-ring (bicyclic) bond motifs is 3. The number of hydrogen-bond acceptors (Lipinski definition) is 9. The van der Waals surface area contributed by atoms with Crippen molar-refractivity contribution < 1.29 is 39.5 Å². The van der Waals surface area contributed by atoms with Gasteiger partial charge in [-0.1, -0.05) is 18.2 Å². The quantitative estimate of drug-likeness (QED) is 0.377. The molecule has 10 nitrogen and oxygen atoms in total. The van der Waals surface area contributed by atoms with Gasteiger partial charge in [-0.3, -0.25) is 19.3 Å². The van der Waals surface area contributed by atoms with Crippen molar-refractivity contribution in [1.82, 2.24) is 4.90 Å². The van der Waals surface area contributed by atoms with Gasteiger partial charge < -0.3 is 30.9 Å². The molecular weight excluding hydrogens is 492 g/mol. The lowest BCUT2D eigenvalue weighted by molar-refractivity contribution is -0.148. The van der Waals surface area contributed by atoms with E-state index in [0.717, 1.165) is 5.56 Å². The number of ketones is 2. The number of nitrogens with zero attached hydrogens (tertiary/aromatic N) is 1. The Labute approximate surface area is 218 Å². The fourth-order valence-electron chi connectivity index (χ4n) is 6.29. The molecule has 5 rings (SSSR count). The highest BCUT2D eigenvalue weighted by Gasteiger charge is 2.63. The van der Waals surface area contributed by atoms with Crippen LogP contribution in [0.2, 0.25) is 0 Å². The number of rotatable bonds is 4. The van der Waals surface area contributed by atoms with Crippen molar-refractivity contribution in [2.75, 3.05) is 21.2 Å². The molecule has 0 spiro atoms. The van der Waals surface area contributed by atoms with Gasteiger partial charge in [0, 0.05) is 11.5 Å². The monoisotopic (exact) mass is 520 g/mol. The molecule has 2 aromatic rings. The first-order valence-corrected chi connectivity index (χ1v) is 12.1. The molecule has 0 radical (unpaired) electrons. The van der Waals surface area contributed by atoms with E-state index < -0.39 is 58.0 Å². The Bertz CT molecular complexity index is 1460. The van der Waals surface area contributed by atoms with Crippen LogP contribution in [0.5, 0.6) is 11.5 Å². The lowest BCUT2D eigenvalue weighted by Gasteiger charge is -2.50. The third kappa shape index (κ3) is 3.37. The Morgan fingerprint density at radius 1 is 1.08 bits per heavy atom. The smallest absolute Gasteiger partial charge is 0.255 e. The number of aliphatic hydroxyl groups excluding tert-OH is 2. The summed E-state index contributed by atoms with van der Waals surface area (Å²) in [6, 6.07) is 9.26. The maximum atomic E-state index is 13.8. The SMILES string of the molecule is COc1ccc(-c2ccc(O)c3c2C[C@@H]2C[C@@H]4[C@@H](N(C)C)C(O)=C(C(N)=O)C(=O)[C@]4(O)C(O)=C2C3=O)cc1.